The molecular weight excluding hydrogens is 184 g/mol. The van der Waals surface area contributed by atoms with Crippen molar-refractivity contribution in [3.05, 3.63) is 0 Å². The molecule has 3 atom stereocenters. The lowest BCUT2D eigenvalue weighted by molar-refractivity contribution is 0.0216. The van der Waals surface area contributed by atoms with E-state index in [1.165, 1.54) is 0 Å². The lowest BCUT2D eigenvalue weighted by Gasteiger charge is -2.08. The summed E-state index contributed by atoms with van der Waals surface area (Å²) in [5, 5.41) is 8.70. The molecule has 0 bridgehead atoms. The van der Waals surface area contributed by atoms with E-state index in [-0.39, 0.29) is 12.7 Å². The van der Waals surface area contributed by atoms with E-state index in [0.717, 1.165) is 6.42 Å². The van der Waals surface area contributed by atoms with Crippen LogP contribution in [0.3, 0.4) is 0 Å². The minimum absolute atomic E-state index is 0.0139. The van der Waals surface area contributed by atoms with Gasteiger partial charge in [-0.25, -0.2) is 0 Å². The molecule has 54 valence electrons. The van der Waals surface area contributed by atoms with Crippen molar-refractivity contribution in [2.75, 3.05) is 6.61 Å². The third-order valence-corrected chi connectivity index (χ3v) is 2.51. The van der Waals surface area contributed by atoms with Gasteiger partial charge in [-0.05, 0) is 13.3 Å². The Morgan fingerprint density at radius 2 is 2.44 bits per heavy atom. The molecule has 1 rings (SSSR count). The first kappa shape index (κ1) is 7.51. The van der Waals surface area contributed by atoms with Gasteiger partial charge < -0.3 is 9.84 Å². The summed E-state index contributed by atoms with van der Waals surface area (Å²) in [5.41, 5.74) is 0. The van der Waals surface area contributed by atoms with Gasteiger partial charge in [-0.3, -0.25) is 0 Å². The fraction of sp³-hybridized carbons (Fsp3) is 1.00. The predicted molar refractivity (Wildman–Crippen MR) is 38.8 cm³/mol. The van der Waals surface area contributed by atoms with Gasteiger partial charge >= 0.3 is 0 Å². The molecule has 0 amide bonds. The first-order chi connectivity index (χ1) is 4.24. The van der Waals surface area contributed by atoms with E-state index in [1.54, 1.807) is 0 Å². The van der Waals surface area contributed by atoms with Gasteiger partial charge in [-0.15, -0.1) is 0 Å². The van der Waals surface area contributed by atoms with Gasteiger partial charge in [0.25, 0.3) is 0 Å². The molecule has 1 saturated heterocycles. The molecular formula is C6H11BrO2. The van der Waals surface area contributed by atoms with Crippen molar-refractivity contribution in [2.24, 2.45) is 0 Å². The Kier molecular flexibility index (Phi) is 2.50. The second-order valence-electron chi connectivity index (χ2n) is 2.42. The quantitative estimate of drug-likeness (QED) is 0.630. The Bertz CT molecular complexity index is 97.1. The SMILES string of the molecule is CC1C[C@H](Br)C(CO)O1. The number of ether oxygens (including phenoxy) is 1. The third-order valence-electron chi connectivity index (χ3n) is 1.55. The maximum atomic E-state index is 8.70. The van der Waals surface area contributed by atoms with Crippen LogP contribution in [0.2, 0.25) is 0 Å². The van der Waals surface area contributed by atoms with E-state index in [2.05, 4.69) is 15.9 Å². The molecule has 9 heavy (non-hydrogen) atoms. The normalized spacial score (nSPS) is 43.7. The summed E-state index contributed by atoms with van der Waals surface area (Å²) in [5.74, 6) is 0. The van der Waals surface area contributed by atoms with Gasteiger partial charge in [0.1, 0.15) is 0 Å². The van der Waals surface area contributed by atoms with E-state index in [4.69, 9.17) is 9.84 Å². The van der Waals surface area contributed by atoms with Crippen LogP contribution in [0.1, 0.15) is 13.3 Å². The molecule has 1 heterocycles. The van der Waals surface area contributed by atoms with Crippen molar-refractivity contribution in [1.29, 1.82) is 0 Å². The van der Waals surface area contributed by atoms with Crippen molar-refractivity contribution >= 4 is 15.9 Å². The molecule has 2 unspecified atom stereocenters. The Hall–Kier alpha value is 0.400. The van der Waals surface area contributed by atoms with Gasteiger partial charge in [0.05, 0.1) is 18.8 Å². The molecule has 0 spiro atoms. The van der Waals surface area contributed by atoms with Crippen LogP contribution in [0.4, 0.5) is 0 Å². The monoisotopic (exact) mass is 194 g/mol. The molecule has 0 aromatic heterocycles. The van der Waals surface area contributed by atoms with Crippen molar-refractivity contribution in [1.82, 2.24) is 0 Å². The molecule has 1 aliphatic rings. The van der Waals surface area contributed by atoms with Crippen LogP contribution >= 0.6 is 15.9 Å². The highest BCUT2D eigenvalue weighted by molar-refractivity contribution is 9.09. The highest BCUT2D eigenvalue weighted by Gasteiger charge is 2.29. The van der Waals surface area contributed by atoms with Gasteiger partial charge in [0, 0.05) is 4.83 Å². The lowest BCUT2D eigenvalue weighted by atomic mass is 10.2. The summed E-state index contributed by atoms with van der Waals surface area (Å²) < 4.78 is 5.33. The summed E-state index contributed by atoms with van der Waals surface area (Å²) in [4.78, 5) is 0.345. The predicted octanol–water partition coefficient (Wildman–Crippen LogP) is 0.920. The highest BCUT2D eigenvalue weighted by Crippen LogP contribution is 2.25. The van der Waals surface area contributed by atoms with Crippen LogP contribution in [0.5, 0.6) is 0 Å². The summed E-state index contributed by atoms with van der Waals surface area (Å²) >= 11 is 3.42. The summed E-state index contributed by atoms with van der Waals surface area (Å²) in [7, 11) is 0. The molecule has 1 N–H and O–H groups in total. The van der Waals surface area contributed by atoms with Crippen LogP contribution < -0.4 is 0 Å². The van der Waals surface area contributed by atoms with Crippen LogP contribution in [0.25, 0.3) is 0 Å². The Labute approximate surface area is 63.3 Å². The van der Waals surface area contributed by atoms with E-state index >= 15 is 0 Å². The second kappa shape index (κ2) is 2.99. The van der Waals surface area contributed by atoms with Crippen LogP contribution in [-0.2, 0) is 4.74 Å². The summed E-state index contributed by atoms with van der Waals surface area (Å²) in [6.07, 6.45) is 1.32. The number of hydrogen-bond donors (Lipinski definition) is 1. The zero-order valence-electron chi connectivity index (χ0n) is 5.38. The van der Waals surface area contributed by atoms with Crippen LogP contribution in [0.15, 0.2) is 0 Å². The fourth-order valence-electron chi connectivity index (χ4n) is 1.07. The van der Waals surface area contributed by atoms with Crippen molar-refractivity contribution in [3.8, 4) is 0 Å². The number of hydrogen-bond acceptors (Lipinski definition) is 2. The summed E-state index contributed by atoms with van der Waals surface area (Å²) in [6.45, 7) is 2.14. The highest BCUT2D eigenvalue weighted by atomic mass is 79.9. The van der Waals surface area contributed by atoms with Crippen molar-refractivity contribution in [3.63, 3.8) is 0 Å². The fourth-order valence-corrected chi connectivity index (χ4v) is 1.88. The molecule has 0 radical (unpaired) electrons. The molecule has 0 aliphatic carbocycles. The van der Waals surface area contributed by atoms with E-state index in [1.807, 2.05) is 6.92 Å². The average molecular weight is 195 g/mol. The molecule has 3 heteroatoms. The number of aliphatic hydroxyl groups is 1. The standard InChI is InChI=1S/C6H11BrO2/c1-4-2-5(7)6(3-8)9-4/h4-6,8H,2-3H2,1H3/t4?,5-,6?/m0/s1. The first-order valence-electron chi connectivity index (χ1n) is 3.14. The van der Waals surface area contributed by atoms with Crippen molar-refractivity contribution in [2.45, 2.75) is 30.4 Å². The summed E-state index contributed by atoms with van der Waals surface area (Å²) in [6, 6.07) is 0. The van der Waals surface area contributed by atoms with E-state index in [0.29, 0.717) is 10.9 Å². The molecule has 2 nitrogen and oxygen atoms in total. The minimum Gasteiger partial charge on any atom is -0.394 e. The van der Waals surface area contributed by atoms with Gasteiger partial charge in [0.15, 0.2) is 0 Å². The topological polar surface area (TPSA) is 29.5 Å². The maximum absolute atomic E-state index is 8.70. The molecule has 1 fully saturated rings. The maximum Gasteiger partial charge on any atom is 0.0934 e. The zero-order chi connectivity index (χ0) is 6.85. The van der Waals surface area contributed by atoms with Crippen LogP contribution in [-0.4, -0.2) is 28.7 Å². The Balaban J connectivity index is 2.38. The Morgan fingerprint density at radius 1 is 1.78 bits per heavy atom. The molecule has 1 aliphatic heterocycles. The smallest absolute Gasteiger partial charge is 0.0934 e. The van der Waals surface area contributed by atoms with Gasteiger partial charge in [-0.1, -0.05) is 15.9 Å². The third kappa shape index (κ3) is 1.66. The Morgan fingerprint density at radius 3 is 2.67 bits per heavy atom. The van der Waals surface area contributed by atoms with Crippen LogP contribution in [0, 0.1) is 0 Å². The molecule has 0 aromatic rings. The van der Waals surface area contributed by atoms with Gasteiger partial charge in [-0.2, -0.15) is 0 Å². The largest absolute Gasteiger partial charge is 0.394 e. The zero-order valence-corrected chi connectivity index (χ0v) is 6.97. The molecule has 0 aromatic carbocycles. The van der Waals surface area contributed by atoms with E-state index in [9.17, 15) is 0 Å². The minimum atomic E-state index is 0.0139. The second-order valence-corrected chi connectivity index (χ2v) is 3.60. The number of halogens is 1. The average Bonchev–Trinajstić information content (AvgIpc) is 2.10. The first-order valence-corrected chi connectivity index (χ1v) is 4.06. The van der Waals surface area contributed by atoms with Gasteiger partial charge in [0.2, 0.25) is 0 Å². The van der Waals surface area contributed by atoms with Crippen molar-refractivity contribution < 1.29 is 9.84 Å². The molecule has 0 saturated carbocycles. The number of aliphatic hydroxyl groups excluding tert-OH is 1. The number of alkyl halides is 1. The lowest BCUT2D eigenvalue weighted by Crippen LogP contribution is -2.19. The number of rotatable bonds is 1. The van der Waals surface area contributed by atoms with E-state index < -0.39 is 0 Å².